The molecule has 0 radical (unpaired) electrons. The van der Waals surface area contributed by atoms with Crippen molar-refractivity contribution in [1.29, 1.82) is 0 Å². The zero-order chi connectivity index (χ0) is 24.6. The van der Waals surface area contributed by atoms with Gasteiger partial charge >= 0.3 is 0 Å². The highest BCUT2D eigenvalue weighted by Crippen LogP contribution is 2.23. The molecule has 1 aromatic carbocycles. The number of carbonyl (C=O) groups excluding carboxylic acids is 1. The lowest BCUT2D eigenvalue weighted by atomic mass is 10.0. The summed E-state index contributed by atoms with van der Waals surface area (Å²) < 4.78 is 13.6. The van der Waals surface area contributed by atoms with Crippen LogP contribution in [0.3, 0.4) is 0 Å². The van der Waals surface area contributed by atoms with Gasteiger partial charge in [-0.3, -0.25) is 4.79 Å². The molecule has 1 aromatic heterocycles. The number of nitrogens with one attached hydrogen (secondary N) is 1. The highest BCUT2D eigenvalue weighted by Gasteiger charge is 2.32. The minimum absolute atomic E-state index is 0.171. The molecule has 1 amide bonds. The third-order valence-corrected chi connectivity index (χ3v) is 5.27. The summed E-state index contributed by atoms with van der Waals surface area (Å²) in [5.41, 5.74) is 7.20. The second-order valence-corrected chi connectivity index (χ2v) is 8.79. The molecule has 33 heavy (non-hydrogen) atoms. The van der Waals surface area contributed by atoms with Crippen molar-refractivity contribution in [2.24, 2.45) is 5.73 Å². The largest absolute Gasteiger partial charge is 0.400 e. The van der Waals surface area contributed by atoms with Crippen LogP contribution >= 0.6 is 0 Å². The van der Waals surface area contributed by atoms with Crippen molar-refractivity contribution >= 4 is 17.4 Å². The Labute approximate surface area is 197 Å². The van der Waals surface area contributed by atoms with Gasteiger partial charge < -0.3 is 25.8 Å². The number of carbonyl (C=O) groups is 1. The summed E-state index contributed by atoms with van der Waals surface area (Å²) in [5, 5.41) is 3.15. The lowest BCUT2D eigenvalue weighted by Gasteiger charge is -2.33. The van der Waals surface area contributed by atoms with Crippen LogP contribution in [0.2, 0.25) is 0 Å². The lowest BCUT2D eigenvalue weighted by molar-refractivity contribution is -0.123. The van der Waals surface area contributed by atoms with E-state index in [2.05, 4.69) is 29.0 Å². The Bertz CT molecular complexity index is 921. The minimum atomic E-state index is -0.945. The number of nitrogens with zero attached hydrogens (tertiary/aromatic N) is 4. The van der Waals surface area contributed by atoms with E-state index in [1.165, 1.54) is 12.1 Å². The quantitative estimate of drug-likeness (QED) is 0.540. The topological polar surface area (TPSA) is 77.7 Å². The van der Waals surface area contributed by atoms with E-state index in [0.717, 1.165) is 24.5 Å². The first-order valence-electron chi connectivity index (χ1n) is 11.2. The van der Waals surface area contributed by atoms with Crippen LogP contribution in [0, 0.1) is 5.82 Å². The van der Waals surface area contributed by atoms with Crippen LogP contribution in [0.15, 0.2) is 54.5 Å². The van der Waals surface area contributed by atoms with Crippen molar-refractivity contribution in [1.82, 2.24) is 15.2 Å². The Morgan fingerprint density at radius 1 is 1.12 bits per heavy atom. The van der Waals surface area contributed by atoms with Gasteiger partial charge in [-0.25, -0.2) is 9.37 Å². The highest BCUT2D eigenvalue weighted by atomic mass is 19.1. The Balaban J connectivity index is 2.30. The minimum Gasteiger partial charge on any atom is -0.400 e. The van der Waals surface area contributed by atoms with E-state index in [1.54, 1.807) is 43.3 Å². The van der Waals surface area contributed by atoms with Crippen molar-refractivity contribution in [2.75, 3.05) is 43.5 Å². The average molecular weight is 457 g/mol. The molecule has 0 aliphatic carbocycles. The summed E-state index contributed by atoms with van der Waals surface area (Å²) in [6, 6.07) is 9.86. The second kappa shape index (κ2) is 11.7. The maximum Gasteiger partial charge on any atom is 0.252 e. The number of pyridine rings is 1. The molecule has 2 aromatic rings. The lowest BCUT2D eigenvalue weighted by Crippen LogP contribution is -2.52. The number of benzene rings is 1. The average Bonchev–Trinajstić information content (AvgIpc) is 2.78. The van der Waals surface area contributed by atoms with E-state index in [4.69, 9.17) is 5.73 Å². The zero-order valence-electron chi connectivity index (χ0n) is 20.6. The normalized spacial score (nSPS) is 12.1. The smallest absolute Gasteiger partial charge is 0.252 e. The van der Waals surface area contributed by atoms with Crippen LogP contribution in [0.4, 0.5) is 15.9 Å². The molecule has 0 aliphatic heterocycles. The van der Waals surface area contributed by atoms with Gasteiger partial charge in [0.1, 0.15) is 17.2 Å². The van der Waals surface area contributed by atoms with E-state index in [9.17, 15) is 9.18 Å². The molecule has 0 atom stereocenters. The van der Waals surface area contributed by atoms with Gasteiger partial charge in [-0.05, 0) is 77.7 Å². The third-order valence-electron chi connectivity index (χ3n) is 5.27. The molecular weight excluding hydrogens is 419 g/mol. The van der Waals surface area contributed by atoms with Crippen molar-refractivity contribution in [3.63, 3.8) is 0 Å². The first-order valence-corrected chi connectivity index (χ1v) is 11.2. The molecule has 1 heterocycles. The molecular formula is C25H37FN6O. The number of amides is 1. The number of hydrogen-bond acceptors (Lipinski definition) is 6. The number of rotatable bonds is 11. The van der Waals surface area contributed by atoms with Gasteiger partial charge in [0, 0.05) is 43.4 Å². The third kappa shape index (κ3) is 7.46. The van der Waals surface area contributed by atoms with Crippen molar-refractivity contribution < 1.29 is 9.18 Å². The van der Waals surface area contributed by atoms with Crippen LogP contribution in [0.1, 0.15) is 33.3 Å². The number of aromatic nitrogens is 1. The second-order valence-electron chi connectivity index (χ2n) is 8.79. The van der Waals surface area contributed by atoms with Gasteiger partial charge in [0.2, 0.25) is 0 Å². The van der Waals surface area contributed by atoms with Crippen LogP contribution in [0.25, 0.3) is 0 Å². The fourth-order valence-electron chi connectivity index (χ4n) is 3.41. The first kappa shape index (κ1) is 26.1. The molecule has 0 bridgehead atoms. The van der Waals surface area contributed by atoms with Crippen LogP contribution in [0.5, 0.6) is 0 Å². The molecule has 2 rings (SSSR count). The van der Waals surface area contributed by atoms with E-state index >= 15 is 0 Å². The van der Waals surface area contributed by atoms with E-state index < -0.39 is 5.54 Å². The number of nitrogens with two attached hydrogens (primary N) is 1. The molecule has 8 heteroatoms. The summed E-state index contributed by atoms with van der Waals surface area (Å²) in [4.78, 5) is 23.9. The molecule has 7 nitrogen and oxygen atoms in total. The van der Waals surface area contributed by atoms with Crippen molar-refractivity contribution in [2.45, 2.75) is 39.8 Å². The highest BCUT2D eigenvalue weighted by molar-refractivity contribution is 5.99. The van der Waals surface area contributed by atoms with Crippen LogP contribution in [-0.2, 0) is 11.3 Å². The maximum absolute atomic E-state index is 13.6. The van der Waals surface area contributed by atoms with Gasteiger partial charge in [-0.15, -0.1) is 0 Å². The zero-order valence-corrected chi connectivity index (χ0v) is 20.6. The van der Waals surface area contributed by atoms with Crippen LogP contribution < -0.4 is 20.9 Å². The first-order chi connectivity index (χ1) is 15.6. The molecule has 0 saturated heterocycles. The van der Waals surface area contributed by atoms with Gasteiger partial charge in [-0.1, -0.05) is 6.07 Å². The number of hydrogen-bond donors (Lipinski definition) is 2. The van der Waals surface area contributed by atoms with E-state index in [-0.39, 0.29) is 11.7 Å². The Kier molecular flexibility index (Phi) is 9.22. The van der Waals surface area contributed by atoms with E-state index in [1.807, 2.05) is 31.1 Å². The van der Waals surface area contributed by atoms with Gasteiger partial charge in [-0.2, -0.15) is 0 Å². The van der Waals surface area contributed by atoms with Crippen molar-refractivity contribution in [3.8, 4) is 0 Å². The predicted molar refractivity (Wildman–Crippen MR) is 133 cm³/mol. The standard InChI is InChI=1S/C25H37FN6O/c1-7-31(8-2)23-14-9-19(15-28-23)17-32(22-12-10-20(26)11-13-22)24(33)25(3,4)29-16-21(27)18-30(5)6/h9-16,29H,7-8,17-18,27H2,1-6H3/b21-16-. The number of halogens is 1. The van der Waals surface area contributed by atoms with Gasteiger partial charge in [0.15, 0.2) is 0 Å². The Morgan fingerprint density at radius 2 is 1.76 bits per heavy atom. The predicted octanol–water partition coefficient (Wildman–Crippen LogP) is 3.33. The molecule has 3 N–H and O–H groups in total. The summed E-state index contributed by atoms with van der Waals surface area (Å²) >= 11 is 0. The molecule has 0 unspecified atom stereocenters. The fourth-order valence-corrected chi connectivity index (χ4v) is 3.41. The number of anilines is 2. The monoisotopic (exact) mass is 456 g/mol. The Morgan fingerprint density at radius 3 is 2.27 bits per heavy atom. The molecule has 0 saturated carbocycles. The summed E-state index contributed by atoms with van der Waals surface area (Å²) in [6.07, 6.45) is 3.45. The summed E-state index contributed by atoms with van der Waals surface area (Å²) in [5.74, 6) is 0.371. The summed E-state index contributed by atoms with van der Waals surface area (Å²) in [7, 11) is 3.85. The van der Waals surface area contributed by atoms with E-state index in [0.29, 0.717) is 24.5 Å². The molecule has 0 spiro atoms. The summed E-state index contributed by atoms with van der Waals surface area (Å²) in [6.45, 7) is 10.4. The number of likely N-dealkylation sites (N-methyl/N-ethyl adjacent to an activating group) is 1. The molecule has 0 fully saturated rings. The maximum atomic E-state index is 13.6. The van der Waals surface area contributed by atoms with Crippen LogP contribution in [-0.4, -0.2) is 55.1 Å². The van der Waals surface area contributed by atoms with Crippen molar-refractivity contribution in [3.05, 3.63) is 65.9 Å². The fraction of sp³-hybridized carbons (Fsp3) is 0.440. The molecule has 0 aliphatic rings. The van der Waals surface area contributed by atoms with Gasteiger partial charge in [0.05, 0.1) is 6.54 Å². The Hall–Kier alpha value is -3.13. The SMILES string of the molecule is CCN(CC)c1ccc(CN(C(=O)C(C)(C)N/C=C(\N)CN(C)C)c2ccc(F)cc2)cn1. The van der Waals surface area contributed by atoms with Gasteiger partial charge in [0.25, 0.3) is 5.91 Å². The molecule has 180 valence electrons.